The standard InChI is InChI=1S/C20H22N2O6/c1-4-17(14-7-5-13(2)6-8-14)21-19(23)12-28-20(24)16-11-15(22(25)26)9-10-18(16)27-3/h5-11,17H,4,12H2,1-3H3,(H,21,23)/t17-/m0/s1. The quantitative estimate of drug-likeness (QED) is 0.423. The molecule has 28 heavy (non-hydrogen) atoms. The lowest BCUT2D eigenvalue weighted by Gasteiger charge is -2.18. The number of hydrogen-bond acceptors (Lipinski definition) is 6. The smallest absolute Gasteiger partial charge is 0.342 e. The molecule has 0 spiro atoms. The van der Waals surface area contributed by atoms with Gasteiger partial charge in [-0.3, -0.25) is 14.9 Å². The van der Waals surface area contributed by atoms with Crippen molar-refractivity contribution in [3.63, 3.8) is 0 Å². The molecule has 8 nitrogen and oxygen atoms in total. The Bertz CT molecular complexity index is 863. The van der Waals surface area contributed by atoms with Crippen molar-refractivity contribution in [1.29, 1.82) is 0 Å². The Hall–Kier alpha value is -3.42. The Balaban J connectivity index is 2.01. The lowest BCUT2D eigenvalue weighted by atomic mass is 10.0. The zero-order valence-corrected chi connectivity index (χ0v) is 15.9. The van der Waals surface area contributed by atoms with E-state index in [2.05, 4.69) is 5.32 Å². The van der Waals surface area contributed by atoms with Gasteiger partial charge in [0.05, 0.1) is 18.1 Å². The van der Waals surface area contributed by atoms with Gasteiger partial charge in [-0.2, -0.15) is 0 Å². The molecule has 2 aromatic carbocycles. The summed E-state index contributed by atoms with van der Waals surface area (Å²) in [5.74, 6) is -1.22. The van der Waals surface area contributed by atoms with E-state index in [1.807, 2.05) is 38.1 Å². The van der Waals surface area contributed by atoms with Crippen LogP contribution in [0.1, 0.15) is 40.9 Å². The number of hydrogen-bond donors (Lipinski definition) is 1. The summed E-state index contributed by atoms with van der Waals surface area (Å²) in [6.07, 6.45) is 0.668. The summed E-state index contributed by atoms with van der Waals surface area (Å²) in [5.41, 5.74) is 1.68. The third-order valence-electron chi connectivity index (χ3n) is 4.17. The van der Waals surface area contributed by atoms with Gasteiger partial charge < -0.3 is 14.8 Å². The maximum Gasteiger partial charge on any atom is 0.342 e. The minimum absolute atomic E-state index is 0.116. The number of ether oxygens (including phenoxy) is 2. The van der Waals surface area contributed by atoms with E-state index in [0.29, 0.717) is 6.42 Å². The van der Waals surface area contributed by atoms with E-state index >= 15 is 0 Å². The molecular weight excluding hydrogens is 364 g/mol. The molecule has 0 aliphatic rings. The van der Waals surface area contributed by atoms with Gasteiger partial charge in [0, 0.05) is 12.1 Å². The predicted molar refractivity (Wildman–Crippen MR) is 102 cm³/mol. The highest BCUT2D eigenvalue weighted by Crippen LogP contribution is 2.24. The fraction of sp³-hybridized carbons (Fsp3) is 0.300. The molecule has 2 aromatic rings. The van der Waals surface area contributed by atoms with Crippen LogP contribution in [0, 0.1) is 17.0 Å². The van der Waals surface area contributed by atoms with Gasteiger partial charge in [-0.05, 0) is 25.0 Å². The van der Waals surface area contributed by atoms with Crippen LogP contribution in [0.5, 0.6) is 5.75 Å². The second kappa shape index (κ2) is 9.50. The van der Waals surface area contributed by atoms with E-state index < -0.39 is 23.4 Å². The first-order valence-electron chi connectivity index (χ1n) is 8.71. The van der Waals surface area contributed by atoms with Crippen LogP contribution in [0.4, 0.5) is 5.69 Å². The van der Waals surface area contributed by atoms with Crippen molar-refractivity contribution in [2.24, 2.45) is 0 Å². The molecule has 2 rings (SSSR count). The molecule has 0 saturated carbocycles. The summed E-state index contributed by atoms with van der Waals surface area (Å²) in [5, 5.41) is 13.7. The average molecular weight is 386 g/mol. The van der Waals surface area contributed by atoms with E-state index in [9.17, 15) is 19.7 Å². The molecule has 0 heterocycles. The number of methoxy groups -OCH3 is 1. The molecule has 1 N–H and O–H groups in total. The molecule has 148 valence electrons. The summed E-state index contributed by atoms with van der Waals surface area (Å²) in [7, 11) is 1.33. The van der Waals surface area contributed by atoms with Crippen LogP contribution >= 0.6 is 0 Å². The highest BCUT2D eigenvalue weighted by molar-refractivity contribution is 5.94. The second-order valence-corrected chi connectivity index (χ2v) is 6.16. The molecule has 8 heteroatoms. The van der Waals surface area contributed by atoms with Crippen molar-refractivity contribution in [3.05, 3.63) is 69.3 Å². The number of carbonyl (C=O) groups excluding carboxylic acids is 2. The van der Waals surface area contributed by atoms with Gasteiger partial charge in [0.2, 0.25) is 0 Å². The number of benzene rings is 2. The van der Waals surface area contributed by atoms with Gasteiger partial charge in [-0.15, -0.1) is 0 Å². The minimum atomic E-state index is -0.876. The van der Waals surface area contributed by atoms with Crippen molar-refractivity contribution in [1.82, 2.24) is 5.32 Å². The number of amides is 1. The largest absolute Gasteiger partial charge is 0.496 e. The first-order chi connectivity index (χ1) is 13.3. The number of esters is 1. The fourth-order valence-electron chi connectivity index (χ4n) is 2.63. The van der Waals surface area contributed by atoms with Crippen molar-refractivity contribution in [2.75, 3.05) is 13.7 Å². The number of nitro benzene ring substituents is 1. The molecule has 0 saturated heterocycles. The van der Waals surface area contributed by atoms with Crippen molar-refractivity contribution >= 4 is 17.6 Å². The SMILES string of the molecule is CC[C@H](NC(=O)COC(=O)c1cc([N+](=O)[O-])ccc1OC)c1ccc(C)cc1. The molecular formula is C20H22N2O6. The Morgan fingerprint density at radius 3 is 2.43 bits per heavy atom. The van der Waals surface area contributed by atoms with E-state index in [-0.39, 0.29) is 23.0 Å². The highest BCUT2D eigenvalue weighted by atomic mass is 16.6. The molecule has 1 amide bonds. The zero-order chi connectivity index (χ0) is 20.7. The van der Waals surface area contributed by atoms with E-state index in [0.717, 1.165) is 17.2 Å². The summed E-state index contributed by atoms with van der Waals surface area (Å²) in [6.45, 7) is 3.41. The van der Waals surface area contributed by atoms with Gasteiger partial charge in [-0.25, -0.2) is 4.79 Å². The lowest BCUT2D eigenvalue weighted by Crippen LogP contribution is -2.32. The molecule has 0 aliphatic heterocycles. The molecule has 0 radical (unpaired) electrons. The first kappa shape index (κ1) is 20.9. The summed E-state index contributed by atoms with van der Waals surface area (Å²) >= 11 is 0. The van der Waals surface area contributed by atoms with Crippen LogP contribution in [-0.4, -0.2) is 30.5 Å². The Morgan fingerprint density at radius 2 is 1.86 bits per heavy atom. The minimum Gasteiger partial charge on any atom is -0.496 e. The normalized spacial score (nSPS) is 11.4. The summed E-state index contributed by atoms with van der Waals surface area (Å²) in [6, 6.07) is 11.2. The topological polar surface area (TPSA) is 108 Å². The number of nitro groups is 1. The van der Waals surface area contributed by atoms with Crippen molar-refractivity contribution < 1.29 is 24.0 Å². The average Bonchev–Trinajstić information content (AvgIpc) is 2.70. The van der Waals surface area contributed by atoms with Gasteiger partial charge in [0.25, 0.3) is 11.6 Å². The molecule has 1 atom stereocenters. The van der Waals surface area contributed by atoms with E-state index in [1.54, 1.807) is 0 Å². The van der Waals surface area contributed by atoms with Crippen molar-refractivity contribution in [3.8, 4) is 5.75 Å². The molecule has 0 aromatic heterocycles. The van der Waals surface area contributed by atoms with Crippen LogP contribution in [0.15, 0.2) is 42.5 Å². The van der Waals surface area contributed by atoms with Crippen LogP contribution in [0.2, 0.25) is 0 Å². The molecule has 0 bridgehead atoms. The second-order valence-electron chi connectivity index (χ2n) is 6.16. The van der Waals surface area contributed by atoms with Gasteiger partial charge in [-0.1, -0.05) is 36.8 Å². The maximum absolute atomic E-state index is 12.3. The highest BCUT2D eigenvalue weighted by Gasteiger charge is 2.20. The fourth-order valence-corrected chi connectivity index (χ4v) is 2.63. The third-order valence-corrected chi connectivity index (χ3v) is 4.17. The van der Waals surface area contributed by atoms with Crippen LogP contribution in [-0.2, 0) is 9.53 Å². The van der Waals surface area contributed by atoms with Crippen molar-refractivity contribution in [2.45, 2.75) is 26.3 Å². The van der Waals surface area contributed by atoms with Gasteiger partial charge >= 0.3 is 5.97 Å². The Morgan fingerprint density at radius 1 is 1.18 bits per heavy atom. The van der Waals surface area contributed by atoms with E-state index in [1.165, 1.54) is 19.2 Å². The number of non-ortho nitro benzene ring substituents is 1. The molecule has 0 unspecified atom stereocenters. The number of nitrogens with one attached hydrogen (secondary N) is 1. The summed E-state index contributed by atoms with van der Waals surface area (Å²) in [4.78, 5) is 34.7. The van der Waals surface area contributed by atoms with Crippen LogP contribution < -0.4 is 10.1 Å². The van der Waals surface area contributed by atoms with Gasteiger partial charge in [0.15, 0.2) is 6.61 Å². The monoisotopic (exact) mass is 386 g/mol. The number of carbonyl (C=O) groups is 2. The number of aryl methyl sites for hydroxylation is 1. The number of rotatable bonds is 8. The maximum atomic E-state index is 12.3. The van der Waals surface area contributed by atoms with E-state index in [4.69, 9.17) is 9.47 Å². The molecule has 0 aliphatic carbocycles. The predicted octanol–water partition coefficient (Wildman–Crippen LogP) is 3.34. The van der Waals surface area contributed by atoms with Crippen LogP contribution in [0.3, 0.4) is 0 Å². The Kier molecular flexibility index (Phi) is 7.08. The Labute approximate surface area is 162 Å². The van der Waals surface area contributed by atoms with Gasteiger partial charge in [0.1, 0.15) is 11.3 Å². The number of nitrogens with zero attached hydrogens (tertiary/aromatic N) is 1. The third kappa shape index (κ3) is 5.29. The summed E-state index contributed by atoms with van der Waals surface area (Å²) < 4.78 is 10.0. The molecule has 0 fully saturated rings. The zero-order valence-electron chi connectivity index (χ0n) is 15.9. The first-order valence-corrected chi connectivity index (χ1v) is 8.71. The van der Waals surface area contributed by atoms with Crippen LogP contribution in [0.25, 0.3) is 0 Å². The lowest BCUT2D eigenvalue weighted by molar-refractivity contribution is -0.384.